The van der Waals surface area contributed by atoms with Crippen LogP contribution in [0.4, 0.5) is 20.8 Å². The van der Waals surface area contributed by atoms with Gasteiger partial charge in [0.1, 0.15) is 21.8 Å². The first-order chi connectivity index (χ1) is 16.2. The molecule has 178 valence electrons. The molecule has 0 radical (unpaired) electrons. The fourth-order valence-corrected chi connectivity index (χ4v) is 4.19. The van der Waals surface area contributed by atoms with Gasteiger partial charge in [-0.25, -0.2) is 9.18 Å². The van der Waals surface area contributed by atoms with Gasteiger partial charge in [-0.3, -0.25) is 15.0 Å². The van der Waals surface area contributed by atoms with Crippen molar-refractivity contribution in [1.82, 2.24) is 10.2 Å². The third kappa shape index (κ3) is 5.07. The van der Waals surface area contributed by atoms with Gasteiger partial charge in [0, 0.05) is 18.7 Å². The van der Waals surface area contributed by atoms with Crippen molar-refractivity contribution in [1.29, 1.82) is 0 Å². The average Bonchev–Trinajstić information content (AvgIpc) is 3.44. The summed E-state index contributed by atoms with van der Waals surface area (Å²) in [5.41, 5.74) is 0.927. The van der Waals surface area contributed by atoms with Crippen molar-refractivity contribution in [3.05, 3.63) is 69.9 Å². The fourth-order valence-electron chi connectivity index (χ4n) is 3.85. The van der Waals surface area contributed by atoms with Crippen LogP contribution in [0, 0.1) is 15.9 Å². The highest BCUT2D eigenvalue weighted by molar-refractivity contribution is 7.80. The number of hydrogen-bond donors (Lipinski definition) is 1. The number of benzene rings is 1. The smallest absolute Gasteiger partial charge is 0.433 e. The SMILES string of the molecule is CC(=S)NCC1CN(c2ccc(C3C=CN(C(=S)c4ccc([N+](=O)[O-])o4)CC3)c(F)c2)C(=O)O1. The lowest BCUT2D eigenvalue weighted by Crippen LogP contribution is -2.32. The van der Waals surface area contributed by atoms with E-state index in [1.54, 1.807) is 30.2 Å². The highest BCUT2D eigenvalue weighted by atomic mass is 32.1. The number of furan rings is 1. The Labute approximate surface area is 205 Å². The van der Waals surface area contributed by atoms with E-state index in [4.69, 9.17) is 33.6 Å². The van der Waals surface area contributed by atoms with E-state index >= 15 is 4.39 Å². The maximum atomic E-state index is 15.0. The van der Waals surface area contributed by atoms with Gasteiger partial charge >= 0.3 is 12.0 Å². The predicted octanol–water partition coefficient (Wildman–Crippen LogP) is 4.27. The summed E-state index contributed by atoms with van der Waals surface area (Å²) in [6.07, 6.45) is 3.23. The Morgan fingerprint density at radius 2 is 2.12 bits per heavy atom. The number of rotatable bonds is 6. The minimum atomic E-state index is -0.625. The van der Waals surface area contributed by atoms with Gasteiger partial charge in [0.15, 0.2) is 5.76 Å². The highest BCUT2D eigenvalue weighted by Crippen LogP contribution is 2.32. The Bertz CT molecular complexity index is 1180. The molecule has 34 heavy (non-hydrogen) atoms. The molecule has 2 atom stereocenters. The topological polar surface area (TPSA) is 101 Å². The van der Waals surface area contributed by atoms with Crippen molar-refractivity contribution in [3.63, 3.8) is 0 Å². The van der Waals surface area contributed by atoms with E-state index in [0.717, 1.165) is 0 Å². The number of nitrogens with zero attached hydrogens (tertiary/aromatic N) is 3. The quantitative estimate of drug-likeness (QED) is 0.351. The highest BCUT2D eigenvalue weighted by Gasteiger charge is 2.33. The lowest BCUT2D eigenvalue weighted by atomic mass is 9.92. The summed E-state index contributed by atoms with van der Waals surface area (Å²) in [5.74, 6) is -0.759. The van der Waals surface area contributed by atoms with Crippen LogP contribution in [0.3, 0.4) is 0 Å². The number of anilines is 1. The van der Waals surface area contributed by atoms with Gasteiger partial charge in [-0.1, -0.05) is 36.6 Å². The largest absolute Gasteiger partial charge is 0.442 e. The second-order valence-electron chi connectivity index (χ2n) is 7.89. The van der Waals surface area contributed by atoms with E-state index in [1.165, 1.54) is 23.1 Å². The van der Waals surface area contributed by atoms with Crippen molar-refractivity contribution in [2.24, 2.45) is 0 Å². The number of halogens is 1. The van der Waals surface area contributed by atoms with Gasteiger partial charge in [-0.2, -0.15) is 0 Å². The number of thiocarbonyl (C=S) groups is 2. The van der Waals surface area contributed by atoms with E-state index in [2.05, 4.69) is 5.32 Å². The predicted molar refractivity (Wildman–Crippen MR) is 131 cm³/mol. The van der Waals surface area contributed by atoms with E-state index in [-0.39, 0.29) is 23.7 Å². The molecule has 1 N–H and O–H groups in total. The van der Waals surface area contributed by atoms with Crippen LogP contribution in [0.15, 0.2) is 47.0 Å². The van der Waals surface area contributed by atoms with Gasteiger partial charge in [-0.05, 0) is 37.1 Å². The van der Waals surface area contributed by atoms with E-state index in [9.17, 15) is 14.9 Å². The molecule has 1 aromatic heterocycles. The van der Waals surface area contributed by atoms with Crippen LogP contribution in [0.5, 0.6) is 0 Å². The van der Waals surface area contributed by atoms with Crippen LogP contribution in [-0.4, -0.2) is 51.6 Å². The Hall–Kier alpha value is -3.38. The molecule has 2 unspecified atom stereocenters. The lowest BCUT2D eigenvalue weighted by molar-refractivity contribution is -0.402. The van der Waals surface area contributed by atoms with E-state index in [0.29, 0.717) is 47.3 Å². The van der Waals surface area contributed by atoms with Gasteiger partial charge in [0.2, 0.25) is 0 Å². The summed E-state index contributed by atoms with van der Waals surface area (Å²) in [7, 11) is 0. The number of nitrogens with one attached hydrogen (secondary N) is 1. The molecule has 12 heteroatoms. The number of carbonyl (C=O) groups excluding carboxylic acids is 1. The standard InChI is InChI=1S/C22H21FN4O5S2/c1-13(33)24-11-16-12-26(22(28)31-16)15-2-3-17(18(23)10-15)14-6-8-25(9-7-14)21(34)19-4-5-20(32-19)27(29)30/h2-6,8,10,14,16H,7,9,11-12H2,1H3,(H,24,33). The summed E-state index contributed by atoms with van der Waals surface area (Å²) >= 11 is 10.3. The van der Waals surface area contributed by atoms with E-state index < -0.39 is 16.8 Å². The van der Waals surface area contributed by atoms with Crippen molar-refractivity contribution in [2.75, 3.05) is 24.5 Å². The Morgan fingerprint density at radius 3 is 2.74 bits per heavy atom. The number of amides is 1. The Balaban J connectivity index is 1.41. The number of carbonyl (C=O) groups is 1. The molecule has 2 aliphatic heterocycles. The van der Waals surface area contributed by atoms with Crippen LogP contribution in [0.25, 0.3) is 0 Å². The maximum absolute atomic E-state index is 15.0. The first-order valence-electron chi connectivity index (χ1n) is 10.5. The first kappa shape index (κ1) is 23.8. The summed E-state index contributed by atoms with van der Waals surface area (Å²) in [5, 5.41) is 13.8. The van der Waals surface area contributed by atoms with Crippen molar-refractivity contribution in [3.8, 4) is 0 Å². The number of allylic oxidation sites excluding steroid dienone is 1. The Morgan fingerprint density at radius 1 is 1.32 bits per heavy atom. The molecule has 0 bridgehead atoms. The van der Waals surface area contributed by atoms with Crippen LogP contribution < -0.4 is 10.2 Å². The molecule has 1 fully saturated rings. The molecule has 2 aromatic rings. The minimum absolute atomic E-state index is 0.188. The second-order valence-corrected chi connectivity index (χ2v) is 8.89. The lowest BCUT2D eigenvalue weighted by Gasteiger charge is -2.28. The van der Waals surface area contributed by atoms with Gasteiger partial charge in [0.05, 0.1) is 29.8 Å². The molecule has 0 aliphatic carbocycles. The zero-order valence-electron chi connectivity index (χ0n) is 18.1. The molecular weight excluding hydrogens is 483 g/mol. The zero-order chi connectivity index (χ0) is 24.4. The van der Waals surface area contributed by atoms with Crippen LogP contribution >= 0.6 is 24.4 Å². The van der Waals surface area contributed by atoms with Crippen molar-refractivity contribution >= 4 is 52.1 Å². The molecule has 0 spiro atoms. The van der Waals surface area contributed by atoms with Gasteiger partial charge in [-0.15, -0.1) is 0 Å². The third-order valence-electron chi connectivity index (χ3n) is 5.57. The minimum Gasteiger partial charge on any atom is -0.442 e. The van der Waals surface area contributed by atoms with Crippen LogP contribution in [0.2, 0.25) is 0 Å². The molecule has 2 aliphatic rings. The molecule has 1 amide bonds. The molecular formula is C22H21FN4O5S2. The normalized spacial score (nSPS) is 19.8. The number of nitro groups is 1. The first-order valence-corrected chi connectivity index (χ1v) is 11.3. The fraction of sp³-hybridized carbons (Fsp3) is 0.318. The van der Waals surface area contributed by atoms with Crippen molar-refractivity contribution in [2.45, 2.75) is 25.4 Å². The number of cyclic esters (lactones) is 1. The van der Waals surface area contributed by atoms with Gasteiger partial charge in [0.25, 0.3) is 0 Å². The molecule has 9 nitrogen and oxygen atoms in total. The van der Waals surface area contributed by atoms with Gasteiger partial charge < -0.3 is 19.4 Å². The van der Waals surface area contributed by atoms with Crippen LogP contribution in [-0.2, 0) is 4.74 Å². The summed E-state index contributed by atoms with van der Waals surface area (Å²) in [6, 6.07) is 7.42. The maximum Gasteiger partial charge on any atom is 0.433 e. The zero-order valence-corrected chi connectivity index (χ0v) is 19.7. The molecule has 4 rings (SSSR count). The summed E-state index contributed by atoms with van der Waals surface area (Å²) < 4.78 is 25.5. The molecule has 0 saturated carbocycles. The Kier molecular flexibility index (Phi) is 6.89. The second kappa shape index (κ2) is 9.85. The number of hydrogen-bond acceptors (Lipinski definition) is 7. The van der Waals surface area contributed by atoms with Crippen molar-refractivity contribution < 1.29 is 23.3 Å². The monoisotopic (exact) mass is 504 g/mol. The molecule has 3 heterocycles. The summed E-state index contributed by atoms with van der Waals surface area (Å²) in [4.78, 5) is 26.5. The average molecular weight is 505 g/mol. The number of ether oxygens (including phenoxy) is 1. The van der Waals surface area contributed by atoms with E-state index in [1.807, 2.05) is 6.08 Å². The summed E-state index contributed by atoms with van der Waals surface area (Å²) in [6.45, 7) is 2.93. The van der Waals surface area contributed by atoms with Crippen LogP contribution in [0.1, 0.15) is 30.6 Å². The molecule has 1 saturated heterocycles. The third-order valence-corrected chi connectivity index (χ3v) is 6.15. The molecule has 1 aromatic carbocycles.